The van der Waals surface area contributed by atoms with Crippen LogP contribution in [-0.4, -0.2) is 18.8 Å². The van der Waals surface area contributed by atoms with Gasteiger partial charge in [-0.05, 0) is 29.7 Å². The van der Waals surface area contributed by atoms with E-state index in [2.05, 4.69) is 5.32 Å². The average Bonchev–Trinajstić information content (AvgIpc) is 2.95. The van der Waals surface area contributed by atoms with Crippen molar-refractivity contribution in [1.82, 2.24) is 5.32 Å². The van der Waals surface area contributed by atoms with Crippen molar-refractivity contribution in [2.45, 2.75) is 25.1 Å². The first-order valence-electron chi connectivity index (χ1n) is 5.12. The fourth-order valence-electron chi connectivity index (χ4n) is 1.69. The Hall–Kier alpha value is -1.17. The van der Waals surface area contributed by atoms with Gasteiger partial charge in [-0.2, -0.15) is 13.2 Å². The fourth-order valence-corrected chi connectivity index (χ4v) is 1.69. The maximum atomic E-state index is 13.0. The molecule has 1 aromatic carbocycles. The maximum absolute atomic E-state index is 13.0. The molecule has 1 saturated heterocycles. The molecule has 1 aliphatic heterocycles. The minimum Gasteiger partial charge on any atom is -0.311 e. The van der Waals surface area contributed by atoms with Crippen LogP contribution in [0.4, 0.5) is 22.0 Å². The first-order chi connectivity index (χ1) is 7.85. The minimum absolute atomic E-state index is 0.0758. The van der Waals surface area contributed by atoms with E-state index in [1.165, 1.54) is 0 Å². The van der Waals surface area contributed by atoms with Gasteiger partial charge in [0.15, 0.2) is 11.6 Å². The molecule has 0 bridgehead atoms. The van der Waals surface area contributed by atoms with E-state index in [-0.39, 0.29) is 17.2 Å². The Kier molecular flexibility index (Phi) is 3.07. The first-order valence-corrected chi connectivity index (χ1v) is 5.12. The van der Waals surface area contributed by atoms with E-state index in [1.54, 1.807) is 0 Å². The summed E-state index contributed by atoms with van der Waals surface area (Å²) in [5, 5.41) is 2.91. The van der Waals surface area contributed by atoms with Crippen LogP contribution in [0, 0.1) is 11.6 Å². The fraction of sp³-hybridized carbons (Fsp3) is 0.455. The third kappa shape index (κ3) is 3.39. The molecule has 0 radical (unpaired) electrons. The maximum Gasteiger partial charge on any atom is 0.393 e. The van der Waals surface area contributed by atoms with Gasteiger partial charge in [0, 0.05) is 12.6 Å². The van der Waals surface area contributed by atoms with Crippen LogP contribution in [0.25, 0.3) is 0 Å². The van der Waals surface area contributed by atoms with Crippen LogP contribution in [0.2, 0.25) is 0 Å². The molecule has 94 valence electrons. The molecule has 1 unspecified atom stereocenters. The van der Waals surface area contributed by atoms with Gasteiger partial charge in [-0.25, -0.2) is 8.78 Å². The highest BCUT2D eigenvalue weighted by Gasteiger charge is 2.31. The third-order valence-corrected chi connectivity index (χ3v) is 2.59. The van der Waals surface area contributed by atoms with Crippen molar-refractivity contribution in [3.05, 3.63) is 34.9 Å². The van der Waals surface area contributed by atoms with Gasteiger partial charge >= 0.3 is 6.18 Å². The summed E-state index contributed by atoms with van der Waals surface area (Å²) in [4.78, 5) is 0. The topological polar surface area (TPSA) is 21.9 Å². The lowest BCUT2D eigenvalue weighted by Crippen LogP contribution is -2.15. The highest BCUT2D eigenvalue weighted by Crippen LogP contribution is 2.26. The summed E-state index contributed by atoms with van der Waals surface area (Å²) in [5.41, 5.74) is 0.0290. The summed E-state index contributed by atoms with van der Waals surface area (Å²) in [6.07, 6.45) is -5.36. The highest BCUT2D eigenvalue weighted by atomic mass is 19.4. The van der Waals surface area contributed by atoms with Gasteiger partial charge in [-0.15, -0.1) is 0 Å². The van der Waals surface area contributed by atoms with E-state index in [1.807, 2.05) is 0 Å². The van der Waals surface area contributed by atoms with Gasteiger partial charge < -0.3 is 5.32 Å². The Balaban J connectivity index is 2.29. The van der Waals surface area contributed by atoms with Gasteiger partial charge in [0.2, 0.25) is 0 Å². The number of hydrogen-bond donors (Lipinski definition) is 1. The number of rotatable bonds is 3. The Bertz CT molecular complexity index is 423. The van der Waals surface area contributed by atoms with Gasteiger partial charge in [-0.1, -0.05) is 0 Å². The smallest absolute Gasteiger partial charge is 0.311 e. The molecule has 6 heteroatoms. The molecule has 1 heterocycles. The molecule has 0 aromatic heterocycles. The largest absolute Gasteiger partial charge is 0.393 e. The molecule has 17 heavy (non-hydrogen) atoms. The lowest BCUT2D eigenvalue weighted by Gasteiger charge is -2.12. The monoisotopic (exact) mass is 251 g/mol. The van der Waals surface area contributed by atoms with Crippen molar-refractivity contribution in [3.8, 4) is 0 Å². The standard InChI is InChI=1S/C11H10F5N/c12-9-2-6(1-8-5-17-8)7(3-10(9)13)4-11(14,15)16/h2-3,8,17H,1,4-5H2. The zero-order valence-electron chi connectivity index (χ0n) is 8.74. The number of halogens is 5. The van der Waals surface area contributed by atoms with Crippen molar-refractivity contribution in [2.24, 2.45) is 0 Å². The van der Waals surface area contributed by atoms with Gasteiger partial charge in [0.1, 0.15) is 0 Å². The Morgan fingerprint density at radius 1 is 1.12 bits per heavy atom. The molecule has 1 nitrogen and oxygen atoms in total. The molecule has 1 aliphatic rings. The Labute approximate surface area is 94.6 Å². The van der Waals surface area contributed by atoms with E-state index in [0.29, 0.717) is 19.0 Å². The van der Waals surface area contributed by atoms with Gasteiger partial charge in [-0.3, -0.25) is 0 Å². The molecule has 1 fully saturated rings. The lowest BCUT2D eigenvalue weighted by atomic mass is 9.99. The van der Waals surface area contributed by atoms with Crippen molar-refractivity contribution in [3.63, 3.8) is 0 Å². The number of nitrogens with one attached hydrogen (secondary N) is 1. The zero-order valence-corrected chi connectivity index (χ0v) is 8.74. The Morgan fingerprint density at radius 3 is 2.12 bits per heavy atom. The third-order valence-electron chi connectivity index (χ3n) is 2.59. The normalized spacial score (nSPS) is 19.5. The molecule has 0 saturated carbocycles. The molecule has 1 aromatic rings. The second-order valence-corrected chi connectivity index (χ2v) is 4.14. The minimum atomic E-state index is -4.42. The summed E-state index contributed by atoms with van der Waals surface area (Å²) >= 11 is 0. The van der Waals surface area contributed by atoms with Crippen molar-refractivity contribution in [1.29, 1.82) is 0 Å². The SMILES string of the molecule is Fc1cc(CC2CN2)c(CC(F)(F)F)cc1F. The summed E-state index contributed by atoms with van der Waals surface area (Å²) in [6.45, 7) is 0.699. The second-order valence-electron chi connectivity index (χ2n) is 4.14. The summed E-state index contributed by atoms with van der Waals surface area (Å²) in [6, 6.07) is 1.57. The first kappa shape index (κ1) is 12.3. The zero-order chi connectivity index (χ0) is 12.6. The van der Waals surface area contributed by atoms with Gasteiger partial charge in [0.25, 0.3) is 0 Å². The molecule has 1 atom stereocenters. The van der Waals surface area contributed by atoms with E-state index in [4.69, 9.17) is 0 Å². The second kappa shape index (κ2) is 4.25. The van der Waals surface area contributed by atoms with Crippen LogP contribution in [0.15, 0.2) is 12.1 Å². The molecule has 1 N–H and O–H groups in total. The van der Waals surface area contributed by atoms with Crippen LogP contribution in [0.1, 0.15) is 11.1 Å². The van der Waals surface area contributed by atoms with E-state index >= 15 is 0 Å². The summed E-state index contributed by atoms with van der Waals surface area (Å²) < 4.78 is 62.7. The average molecular weight is 251 g/mol. The molecule has 0 amide bonds. The Morgan fingerprint density at radius 2 is 1.65 bits per heavy atom. The number of hydrogen-bond acceptors (Lipinski definition) is 1. The predicted molar refractivity (Wildman–Crippen MR) is 51.6 cm³/mol. The van der Waals surface area contributed by atoms with Crippen molar-refractivity contribution < 1.29 is 22.0 Å². The number of benzene rings is 1. The van der Waals surface area contributed by atoms with Crippen LogP contribution in [0.3, 0.4) is 0 Å². The van der Waals surface area contributed by atoms with E-state index in [0.717, 1.165) is 6.07 Å². The van der Waals surface area contributed by atoms with Crippen LogP contribution in [-0.2, 0) is 12.8 Å². The van der Waals surface area contributed by atoms with Crippen molar-refractivity contribution >= 4 is 0 Å². The molecule has 2 rings (SSSR count). The molecule has 0 spiro atoms. The van der Waals surface area contributed by atoms with E-state index < -0.39 is 24.2 Å². The van der Waals surface area contributed by atoms with Crippen molar-refractivity contribution in [2.75, 3.05) is 6.54 Å². The van der Waals surface area contributed by atoms with Crippen LogP contribution >= 0.6 is 0 Å². The number of alkyl halides is 3. The van der Waals surface area contributed by atoms with Crippen LogP contribution in [0.5, 0.6) is 0 Å². The van der Waals surface area contributed by atoms with Crippen LogP contribution < -0.4 is 5.32 Å². The molecular weight excluding hydrogens is 241 g/mol. The summed E-state index contributed by atoms with van der Waals surface area (Å²) in [5.74, 6) is -2.34. The molecule has 0 aliphatic carbocycles. The molecular formula is C11H10F5N. The lowest BCUT2D eigenvalue weighted by molar-refractivity contribution is -0.127. The predicted octanol–water partition coefficient (Wildman–Crippen LogP) is 2.58. The van der Waals surface area contributed by atoms with E-state index in [9.17, 15) is 22.0 Å². The van der Waals surface area contributed by atoms with Gasteiger partial charge in [0.05, 0.1) is 6.42 Å². The highest BCUT2D eigenvalue weighted by molar-refractivity contribution is 5.31. The quantitative estimate of drug-likeness (QED) is 0.647. The summed E-state index contributed by atoms with van der Waals surface area (Å²) in [7, 11) is 0.